The number of ether oxygens (including phenoxy) is 1. The summed E-state index contributed by atoms with van der Waals surface area (Å²) in [6, 6.07) is 6.43. The van der Waals surface area contributed by atoms with Gasteiger partial charge >= 0.3 is 12.3 Å². The van der Waals surface area contributed by atoms with Crippen molar-refractivity contribution in [3.63, 3.8) is 0 Å². The molecule has 2 aliphatic heterocycles. The first kappa shape index (κ1) is 26.3. The molecule has 2 aromatic heterocycles. The zero-order valence-corrected chi connectivity index (χ0v) is 22.0. The SMILES string of the molecule is C[C@@H]1Cc2c(ccc3[nH]ncc23)[C@@H](c2ccc(N[C@H]3CCN(C(=O)OC(C)(C)C)C3)cn2)N1CC(F)(F)F. The average Bonchev–Trinajstić information content (AvgIpc) is 3.48. The van der Waals surface area contributed by atoms with E-state index in [4.69, 9.17) is 4.74 Å². The van der Waals surface area contributed by atoms with Gasteiger partial charge in [-0.05, 0) is 69.9 Å². The number of fused-ring (bicyclic) bond motifs is 3. The van der Waals surface area contributed by atoms with Gasteiger partial charge < -0.3 is 15.0 Å². The number of halogens is 3. The second-order valence-corrected chi connectivity index (χ2v) is 11.2. The maximum absolute atomic E-state index is 13.6. The summed E-state index contributed by atoms with van der Waals surface area (Å²) >= 11 is 0. The van der Waals surface area contributed by atoms with Crippen LogP contribution in [0.2, 0.25) is 0 Å². The van der Waals surface area contributed by atoms with E-state index in [1.807, 2.05) is 45.9 Å². The first-order valence-corrected chi connectivity index (χ1v) is 12.9. The lowest BCUT2D eigenvalue weighted by atomic mass is 9.85. The fourth-order valence-corrected chi connectivity index (χ4v) is 5.46. The van der Waals surface area contributed by atoms with E-state index in [-0.39, 0.29) is 18.2 Å². The number of pyridine rings is 1. The minimum atomic E-state index is -4.34. The second kappa shape index (κ2) is 9.76. The zero-order chi connectivity index (χ0) is 27.2. The van der Waals surface area contributed by atoms with Crippen LogP contribution in [0.15, 0.2) is 36.7 Å². The van der Waals surface area contributed by atoms with Gasteiger partial charge in [-0.15, -0.1) is 0 Å². The van der Waals surface area contributed by atoms with Crippen molar-refractivity contribution in [2.75, 3.05) is 25.0 Å². The molecule has 0 aliphatic carbocycles. The number of carbonyl (C=O) groups excluding carboxylic acids is 1. The number of aromatic nitrogens is 3. The summed E-state index contributed by atoms with van der Waals surface area (Å²) in [5.74, 6) is 0. The molecule has 2 N–H and O–H groups in total. The van der Waals surface area contributed by atoms with Gasteiger partial charge in [0.25, 0.3) is 0 Å². The van der Waals surface area contributed by atoms with Crippen molar-refractivity contribution in [2.45, 2.75) is 70.4 Å². The summed E-state index contributed by atoms with van der Waals surface area (Å²) in [5, 5.41) is 11.4. The Hall–Kier alpha value is -3.34. The van der Waals surface area contributed by atoms with E-state index < -0.39 is 24.4 Å². The van der Waals surface area contributed by atoms with E-state index in [1.165, 1.54) is 4.90 Å². The number of aromatic amines is 1. The molecule has 0 radical (unpaired) electrons. The third-order valence-electron chi connectivity index (χ3n) is 7.10. The third kappa shape index (κ3) is 5.57. The Kier molecular flexibility index (Phi) is 6.75. The van der Waals surface area contributed by atoms with Gasteiger partial charge in [0.1, 0.15) is 5.60 Å². The number of benzene rings is 1. The number of alkyl halides is 3. The summed E-state index contributed by atoms with van der Waals surface area (Å²) in [6.07, 6.45) is -0.0276. The molecule has 38 heavy (non-hydrogen) atoms. The van der Waals surface area contributed by atoms with Crippen molar-refractivity contribution in [3.05, 3.63) is 53.5 Å². The molecule has 3 aromatic rings. The molecule has 5 rings (SSSR count). The number of likely N-dealkylation sites (tertiary alicyclic amines) is 1. The second-order valence-electron chi connectivity index (χ2n) is 11.2. The van der Waals surface area contributed by atoms with Crippen LogP contribution in [-0.4, -0.2) is 74.6 Å². The van der Waals surface area contributed by atoms with Crippen LogP contribution in [0.3, 0.4) is 0 Å². The van der Waals surface area contributed by atoms with Crippen molar-refractivity contribution >= 4 is 22.7 Å². The Bertz CT molecular complexity index is 1300. The van der Waals surface area contributed by atoms with E-state index in [1.54, 1.807) is 23.4 Å². The van der Waals surface area contributed by atoms with E-state index in [0.29, 0.717) is 25.2 Å². The fourth-order valence-electron chi connectivity index (χ4n) is 5.46. The molecular formula is C27H33F3N6O2. The first-order chi connectivity index (χ1) is 17.9. The smallest absolute Gasteiger partial charge is 0.410 e. The fraction of sp³-hybridized carbons (Fsp3) is 0.519. The van der Waals surface area contributed by atoms with E-state index >= 15 is 0 Å². The lowest BCUT2D eigenvalue weighted by Gasteiger charge is -2.42. The van der Waals surface area contributed by atoms with Crippen LogP contribution in [0.5, 0.6) is 0 Å². The number of anilines is 1. The third-order valence-corrected chi connectivity index (χ3v) is 7.10. The molecule has 1 fully saturated rings. The van der Waals surface area contributed by atoms with E-state index in [0.717, 1.165) is 34.1 Å². The first-order valence-electron chi connectivity index (χ1n) is 12.9. The molecule has 4 heterocycles. The van der Waals surface area contributed by atoms with Gasteiger partial charge in [-0.2, -0.15) is 18.3 Å². The number of hydrogen-bond acceptors (Lipinski definition) is 6. The number of H-pyrrole nitrogens is 1. The molecule has 204 valence electrons. The molecule has 11 heteroatoms. The number of amides is 1. The molecule has 1 aromatic carbocycles. The molecule has 1 amide bonds. The summed E-state index contributed by atoms with van der Waals surface area (Å²) in [6.45, 7) is 7.40. The van der Waals surface area contributed by atoms with E-state index in [2.05, 4.69) is 20.5 Å². The van der Waals surface area contributed by atoms with Gasteiger partial charge in [0.05, 0.1) is 41.9 Å². The summed E-state index contributed by atoms with van der Waals surface area (Å²) in [7, 11) is 0. The van der Waals surface area contributed by atoms with Crippen molar-refractivity contribution in [3.8, 4) is 0 Å². The Morgan fingerprint density at radius 3 is 2.66 bits per heavy atom. The number of nitrogens with one attached hydrogen (secondary N) is 2. The average molecular weight is 531 g/mol. The number of hydrogen-bond donors (Lipinski definition) is 2. The van der Waals surface area contributed by atoms with Gasteiger partial charge in [0.15, 0.2) is 0 Å². The number of nitrogens with zero attached hydrogens (tertiary/aromatic N) is 4. The van der Waals surface area contributed by atoms with Crippen molar-refractivity contribution < 1.29 is 22.7 Å². The predicted molar refractivity (Wildman–Crippen MR) is 138 cm³/mol. The van der Waals surface area contributed by atoms with E-state index in [9.17, 15) is 18.0 Å². The maximum atomic E-state index is 13.6. The van der Waals surface area contributed by atoms with Crippen LogP contribution in [0, 0.1) is 0 Å². The minimum Gasteiger partial charge on any atom is -0.444 e. The van der Waals surface area contributed by atoms with Gasteiger partial charge in [-0.25, -0.2) is 4.79 Å². The summed E-state index contributed by atoms with van der Waals surface area (Å²) < 4.78 is 46.3. The number of rotatable bonds is 4. The maximum Gasteiger partial charge on any atom is 0.410 e. The van der Waals surface area contributed by atoms with Gasteiger partial charge in [0.2, 0.25) is 0 Å². The molecule has 8 nitrogen and oxygen atoms in total. The van der Waals surface area contributed by atoms with Crippen LogP contribution in [0.25, 0.3) is 10.9 Å². The largest absolute Gasteiger partial charge is 0.444 e. The van der Waals surface area contributed by atoms with Gasteiger partial charge in [-0.1, -0.05) is 6.07 Å². The molecule has 0 saturated carbocycles. The Labute approximate surface area is 219 Å². The summed E-state index contributed by atoms with van der Waals surface area (Å²) in [4.78, 5) is 20.2. The molecule has 1 saturated heterocycles. The molecule has 0 unspecified atom stereocenters. The monoisotopic (exact) mass is 530 g/mol. The molecule has 2 aliphatic rings. The zero-order valence-electron chi connectivity index (χ0n) is 22.0. The topological polar surface area (TPSA) is 86.4 Å². The number of carbonyl (C=O) groups is 1. The van der Waals surface area contributed by atoms with Gasteiger partial charge in [-0.3, -0.25) is 15.0 Å². The lowest BCUT2D eigenvalue weighted by Crippen LogP contribution is -2.47. The Morgan fingerprint density at radius 2 is 1.97 bits per heavy atom. The highest BCUT2D eigenvalue weighted by Gasteiger charge is 2.41. The van der Waals surface area contributed by atoms with Gasteiger partial charge in [0, 0.05) is 30.6 Å². The summed E-state index contributed by atoms with van der Waals surface area (Å²) in [5.41, 5.74) is 3.44. The lowest BCUT2D eigenvalue weighted by molar-refractivity contribution is -0.155. The Balaban J connectivity index is 1.37. The van der Waals surface area contributed by atoms with Crippen molar-refractivity contribution in [1.29, 1.82) is 0 Å². The van der Waals surface area contributed by atoms with Crippen molar-refractivity contribution in [1.82, 2.24) is 25.0 Å². The highest BCUT2D eigenvalue weighted by Crippen LogP contribution is 2.41. The van der Waals surface area contributed by atoms with Crippen LogP contribution in [-0.2, 0) is 11.2 Å². The minimum absolute atomic E-state index is 0.0294. The normalized spacial score (nSPS) is 22.5. The van der Waals surface area contributed by atoms with Crippen LogP contribution in [0.1, 0.15) is 57.0 Å². The quantitative estimate of drug-likeness (QED) is 0.478. The van der Waals surface area contributed by atoms with Crippen LogP contribution >= 0.6 is 0 Å². The molecule has 0 bridgehead atoms. The highest BCUT2D eigenvalue weighted by atomic mass is 19.4. The van der Waals surface area contributed by atoms with Crippen LogP contribution in [0.4, 0.5) is 23.7 Å². The van der Waals surface area contributed by atoms with Crippen LogP contribution < -0.4 is 5.32 Å². The standard InChI is InChI=1S/C27H33F3N6O2/c1-16-11-20-19(6-8-22-21(20)13-32-34-22)24(36(16)15-27(28,29)30)23-7-5-17(12-31-23)33-18-9-10-35(14-18)25(37)38-26(2,3)4/h5-8,12-13,16,18,24,33H,9-11,14-15H2,1-4H3,(H,32,34)/t16-,18+,24+/m1/s1. The Morgan fingerprint density at radius 1 is 1.18 bits per heavy atom. The molecular weight excluding hydrogens is 497 g/mol. The molecule has 0 spiro atoms. The van der Waals surface area contributed by atoms with Crippen molar-refractivity contribution in [2.24, 2.45) is 0 Å². The highest BCUT2D eigenvalue weighted by molar-refractivity contribution is 5.83. The predicted octanol–water partition coefficient (Wildman–Crippen LogP) is 5.28. The molecule has 3 atom stereocenters.